The second-order valence-corrected chi connectivity index (χ2v) is 12.1. The maximum atomic E-state index is 15.0. The molecule has 0 aliphatic carbocycles. The number of nitrogens with zero attached hydrogens (tertiary/aromatic N) is 2. The molecule has 8 heteroatoms. The molecule has 6 nitrogen and oxygen atoms in total. The van der Waals surface area contributed by atoms with Crippen molar-refractivity contribution in [1.29, 1.82) is 0 Å². The first-order valence-electron chi connectivity index (χ1n) is 12.8. The van der Waals surface area contributed by atoms with E-state index in [9.17, 15) is 9.59 Å². The minimum atomic E-state index is -1.36. The number of carbonyl (C=O) groups excluding carboxylic acids is 3. The topological polar surface area (TPSA) is 66.9 Å². The van der Waals surface area contributed by atoms with Crippen LogP contribution in [0.1, 0.15) is 68.8 Å². The molecule has 0 unspecified atom stereocenters. The van der Waals surface area contributed by atoms with Crippen molar-refractivity contribution in [2.24, 2.45) is 0 Å². The quantitative estimate of drug-likeness (QED) is 0.309. The Morgan fingerprint density at radius 2 is 1.65 bits per heavy atom. The van der Waals surface area contributed by atoms with Crippen LogP contribution < -0.4 is 4.90 Å². The van der Waals surface area contributed by atoms with Gasteiger partial charge in [0.1, 0.15) is 11.0 Å². The Labute approximate surface area is 245 Å². The summed E-state index contributed by atoms with van der Waals surface area (Å²) < 4.78 is 5.72. The standard InChI is InChI=1S/C31H30Cl2N2O4.CH4/c1-18-9-6-7-12-22(18)27-31(24(17-26(36)34(27)5)19-10-8-11-20(32)15-19)23-14-13-21(33)16-25(23)35(28(31)37)29(38)39-30(2,3)4;/h6-16,24,27H,17H2,1-5H3;1H4/t24-,27+,31-;/m0./s1. The Kier molecular flexibility index (Phi) is 7.83. The first-order chi connectivity index (χ1) is 18.4. The van der Waals surface area contributed by atoms with Gasteiger partial charge in [-0.1, -0.05) is 73.1 Å². The fraction of sp³-hybridized carbons (Fsp3) is 0.344. The molecule has 0 N–H and O–H groups in total. The van der Waals surface area contributed by atoms with Crippen LogP contribution in [0.4, 0.5) is 10.5 Å². The Bertz CT molecular complexity index is 1500. The number of rotatable bonds is 2. The predicted octanol–water partition coefficient (Wildman–Crippen LogP) is 7.84. The number of likely N-dealkylation sites (N-methyl/N-ethyl adjacent to an activating group) is 1. The molecule has 0 bridgehead atoms. The van der Waals surface area contributed by atoms with Crippen LogP contribution in [0.15, 0.2) is 66.7 Å². The smallest absolute Gasteiger partial charge is 0.421 e. The van der Waals surface area contributed by atoms with Gasteiger partial charge < -0.3 is 9.64 Å². The summed E-state index contributed by atoms with van der Waals surface area (Å²) in [5.74, 6) is -1.20. The van der Waals surface area contributed by atoms with E-state index >= 15 is 4.79 Å². The number of likely N-dealkylation sites (tertiary alicyclic amines) is 1. The number of anilines is 1. The fourth-order valence-electron chi connectivity index (χ4n) is 6.11. The minimum Gasteiger partial charge on any atom is -0.443 e. The number of aryl methyl sites for hydroxylation is 1. The molecule has 3 amide bonds. The van der Waals surface area contributed by atoms with E-state index in [1.54, 1.807) is 63.1 Å². The second kappa shape index (κ2) is 10.6. The maximum absolute atomic E-state index is 15.0. The number of piperidine rings is 1. The highest BCUT2D eigenvalue weighted by Gasteiger charge is 2.66. The summed E-state index contributed by atoms with van der Waals surface area (Å²) in [5, 5.41) is 0.867. The van der Waals surface area contributed by atoms with E-state index in [4.69, 9.17) is 27.9 Å². The summed E-state index contributed by atoms with van der Waals surface area (Å²) in [6.07, 6.45) is -0.740. The summed E-state index contributed by atoms with van der Waals surface area (Å²) >= 11 is 12.9. The van der Waals surface area contributed by atoms with Crippen LogP contribution in [-0.2, 0) is 19.7 Å². The Morgan fingerprint density at radius 3 is 2.30 bits per heavy atom. The first kappa shape index (κ1) is 29.6. The molecule has 3 atom stereocenters. The third kappa shape index (κ3) is 4.67. The van der Waals surface area contributed by atoms with Gasteiger partial charge in [0.15, 0.2) is 0 Å². The van der Waals surface area contributed by atoms with Crippen LogP contribution in [0.3, 0.4) is 0 Å². The number of halogens is 2. The SMILES string of the molecule is C.Cc1ccccc1[C@H]1N(C)C(=O)C[C@@H](c2cccc(Cl)c2)[C@]12C(=O)N(C(=O)OC(C)(C)C)c1cc(Cl)ccc12. The van der Waals surface area contributed by atoms with Crippen LogP contribution in [0, 0.1) is 6.92 Å². The molecule has 5 rings (SSSR count). The van der Waals surface area contributed by atoms with Crippen LogP contribution in [0.2, 0.25) is 10.0 Å². The molecule has 210 valence electrons. The van der Waals surface area contributed by atoms with Gasteiger partial charge in [-0.2, -0.15) is 0 Å². The lowest BCUT2D eigenvalue weighted by molar-refractivity contribution is -0.144. The lowest BCUT2D eigenvalue weighted by Gasteiger charge is -2.51. The van der Waals surface area contributed by atoms with E-state index < -0.39 is 35.0 Å². The van der Waals surface area contributed by atoms with E-state index in [0.717, 1.165) is 21.6 Å². The van der Waals surface area contributed by atoms with Crippen molar-refractivity contribution < 1.29 is 19.1 Å². The number of benzene rings is 3. The molecule has 0 aromatic heterocycles. The molecule has 1 spiro atoms. The van der Waals surface area contributed by atoms with Crippen molar-refractivity contribution in [3.63, 3.8) is 0 Å². The number of imide groups is 1. The average molecular weight is 582 g/mol. The van der Waals surface area contributed by atoms with Gasteiger partial charge >= 0.3 is 6.09 Å². The van der Waals surface area contributed by atoms with E-state index in [2.05, 4.69) is 0 Å². The van der Waals surface area contributed by atoms with Gasteiger partial charge in [-0.05, 0) is 74.2 Å². The van der Waals surface area contributed by atoms with Crippen molar-refractivity contribution in [2.75, 3.05) is 11.9 Å². The van der Waals surface area contributed by atoms with Crippen molar-refractivity contribution in [3.05, 3.63) is 99.0 Å². The van der Waals surface area contributed by atoms with Crippen molar-refractivity contribution in [1.82, 2.24) is 4.90 Å². The molecule has 3 aromatic rings. The molecular weight excluding hydrogens is 547 g/mol. The van der Waals surface area contributed by atoms with Crippen molar-refractivity contribution >= 4 is 46.8 Å². The summed E-state index contributed by atoms with van der Waals surface area (Å²) in [4.78, 5) is 45.0. The van der Waals surface area contributed by atoms with Gasteiger partial charge in [-0.15, -0.1) is 0 Å². The molecule has 2 heterocycles. The number of carbonyl (C=O) groups is 3. The monoisotopic (exact) mass is 580 g/mol. The van der Waals surface area contributed by atoms with Crippen LogP contribution in [0.5, 0.6) is 0 Å². The summed E-state index contributed by atoms with van der Waals surface area (Å²) in [6.45, 7) is 7.20. The van der Waals surface area contributed by atoms with Gasteiger partial charge in [-0.25, -0.2) is 9.69 Å². The first-order valence-corrected chi connectivity index (χ1v) is 13.6. The van der Waals surface area contributed by atoms with E-state index in [-0.39, 0.29) is 19.8 Å². The molecule has 2 aliphatic rings. The summed E-state index contributed by atoms with van der Waals surface area (Å²) in [5.41, 5.74) is 1.24. The Morgan fingerprint density at radius 1 is 0.975 bits per heavy atom. The van der Waals surface area contributed by atoms with E-state index in [1.165, 1.54) is 0 Å². The second-order valence-electron chi connectivity index (χ2n) is 11.2. The lowest BCUT2D eigenvalue weighted by atomic mass is 9.58. The number of ether oxygens (including phenoxy) is 1. The molecule has 3 aromatic carbocycles. The predicted molar refractivity (Wildman–Crippen MR) is 159 cm³/mol. The summed E-state index contributed by atoms with van der Waals surface area (Å²) in [7, 11) is 1.72. The zero-order valence-corrected chi connectivity index (χ0v) is 24.0. The van der Waals surface area contributed by atoms with Crippen LogP contribution in [-0.4, -0.2) is 35.5 Å². The van der Waals surface area contributed by atoms with Gasteiger partial charge in [0.25, 0.3) is 0 Å². The highest BCUT2D eigenvalue weighted by Crippen LogP contribution is 2.61. The summed E-state index contributed by atoms with van der Waals surface area (Å²) in [6, 6.07) is 19.4. The lowest BCUT2D eigenvalue weighted by Crippen LogP contribution is -2.59. The molecule has 2 aliphatic heterocycles. The highest BCUT2D eigenvalue weighted by atomic mass is 35.5. The molecule has 1 fully saturated rings. The average Bonchev–Trinajstić information content (AvgIpc) is 3.09. The Hall–Kier alpha value is -3.35. The third-order valence-corrected chi connectivity index (χ3v) is 8.12. The minimum absolute atomic E-state index is 0. The highest BCUT2D eigenvalue weighted by molar-refractivity contribution is 6.32. The molecule has 0 radical (unpaired) electrons. The Balaban J connectivity index is 0.00000370. The van der Waals surface area contributed by atoms with Gasteiger partial charge in [0, 0.05) is 29.4 Å². The number of fused-ring (bicyclic) bond motifs is 2. The largest absolute Gasteiger partial charge is 0.443 e. The molecule has 1 saturated heterocycles. The van der Waals surface area contributed by atoms with Crippen molar-refractivity contribution in [3.8, 4) is 0 Å². The maximum Gasteiger partial charge on any atom is 0.421 e. The molecule has 40 heavy (non-hydrogen) atoms. The zero-order chi connectivity index (χ0) is 28.3. The van der Waals surface area contributed by atoms with Crippen molar-refractivity contribution in [2.45, 2.75) is 64.5 Å². The molecule has 0 saturated carbocycles. The normalized spacial score (nSPS) is 22.3. The van der Waals surface area contributed by atoms with Crippen LogP contribution in [0.25, 0.3) is 0 Å². The van der Waals surface area contributed by atoms with Crippen LogP contribution >= 0.6 is 23.2 Å². The number of hydrogen-bond acceptors (Lipinski definition) is 4. The van der Waals surface area contributed by atoms with E-state index in [1.807, 2.05) is 43.3 Å². The van der Waals surface area contributed by atoms with Gasteiger partial charge in [0.2, 0.25) is 11.8 Å². The number of amides is 3. The fourth-order valence-corrected chi connectivity index (χ4v) is 6.48. The third-order valence-electron chi connectivity index (χ3n) is 7.65. The number of hydrogen-bond donors (Lipinski definition) is 0. The zero-order valence-electron chi connectivity index (χ0n) is 22.5. The van der Waals surface area contributed by atoms with E-state index in [0.29, 0.717) is 21.3 Å². The van der Waals surface area contributed by atoms with Gasteiger partial charge in [0.05, 0.1) is 11.7 Å². The van der Waals surface area contributed by atoms with Gasteiger partial charge in [-0.3, -0.25) is 9.59 Å². The molecular formula is C32H34Cl2N2O4.